The minimum Gasteiger partial charge on any atom is -0.311 e. The van der Waals surface area contributed by atoms with E-state index in [9.17, 15) is 10.5 Å². The van der Waals surface area contributed by atoms with Crippen molar-refractivity contribution >= 4 is 45.3 Å². The van der Waals surface area contributed by atoms with E-state index in [0.29, 0.717) is 22.3 Å². The molecule has 0 aliphatic carbocycles. The molecule has 0 radical (unpaired) electrons. The summed E-state index contributed by atoms with van der Waals surface area (Å²) in [5.41, 5.74) is 8.06. The number of hydrogen-bond acceptors (Lipinski definition) is 4. The summed E-state index contributed by atoms with van der Waals surface area (Å²) in [6, 6.07) is 60.8. The molecule has 6 aromatic carbocycles. The molecular weight excluding hydrogens is 536 g/mol. The van der Waals surface area contributed by atoms with Gasteiger partial charge >= 0.3 is 0 Å². The van der Waals surface area contributed by atoms with E-state index in [1.54, 1.807) is 0 Å². The number of nitriles is 2. The zero-order valence-corrected chi connectivity index (χ0v) is 24.0. The zero-order chi connectivity index (χ0) is 30.1. The Labute approximate surface area is 258 Å². The second kappa shape index (κ2) is 13.1. The minimum absolute atomic E-state index is 0.334. The van der Waals surface area contributed by atoms with Crippen LogP contribution in [0.2, 0.25) is 0 Å². The second-order valence-corrected chi connectivity index (χ2v) is 10.1. The van der Waals surface area contributed by atoms with E-state index in [0.717, 1.165) is 34.1 Å². The first-order valence-electron chi connectivity index (χ1n) is 14.3. The molecule has 0 aliphatic rings. The van der Waals surface area contributed by atoms with Crippen molar-refractivity contribution < 1.29 is 0 Å². The number of allylic oxidation sites excluding steroid dienone is 2. The molecule has 0 aromatic heterocycles. The van der Waals surface area contributed by atoms with Crippen LogP contribution in [0.4, 0.5) is 34.1 Å². The first kappa shape index (κ1) is 27.8. The summed E-state index contributed by atoms with van der Waals surface area (Å²) < 4.78 is 0. The van der Waals surface area contributed by atoms with Gasteiger partial charge in [-0.05, 0) is 83.9 Å². The van der Waals surface area contributed by atoms with Crippen LogP contribution >= 0.6 is 0 Å². The quantitative estimate of drug-likeness (QED) is 0.136. The summed E-state index contributed by atoms with van der Waals surface area (Å²) in [5.74, 6) is 0. The van der Waals surface area contributed by atoms with Gasteiger partial charge in [-0.15, -0.1) is 0 Å². The second-order valence-electron chi connectivity index (χ2n) is 10.1. The predicted octanol–water partition coefficient (Wildman–Crippen LogP) is 10.6. The number of para-hydroxylation sites is 4. The molecule has 6 aromatic rings. The molecule has 0 aliphatic heterocycles. The standard InChI is InChI=1S/C40H28N4/c41-29-39(31-21-25-37(26-22-31)43(33-13-5-1-6-14-33)34-15-7-2-8-16-34)40(30-42)32-23-27-38(28-24-32)44(35-17-9-3-10-18-35)36-19-11-4-12-20-36/h1-28H/b40-39+. The zero-order valence-electron chi connectivity index (χ0n) is 24.0. The molecule has 0 bridgehead atoms. The van der Waals surface area contributed by atoms with Gasteiger partial charge in [0, 0.05) is 34.1 Å². The fourth-order valence-corrected chi connectivity index (χ4v) is 5.29. The summed E-state index contributed by atoms with van der Waals surface area (Å²) in [6.45, 7) is 0. The average molecular weight is 565 g/mol. The van der Waals surface area contributed by atoms with E-state index < -0.39 is 0 Å². The van der Waals surface area contributed by atoms with Crippen LogP contribution in [-0.4, -0.2) is 0 Å². The number of benzene rings is 6. The van der Waals surface area contributed by atoms with E-state index in [1.807, 2.05) is 121 Å². The maximum Gasteiger partial charge on any atom is 0.101 e. The molecule has 0 heterocycles. The third-order valence-electron chi connectivity index (χ3n) is 7.36. The lowest BCUT2D eigenvalue weighted by molar-refractivity contribution is 1.28. The van der Waals surface area contributed by atoms with Crippen molar-refractivity contribution in [3.05, 3.63) is 181 Å². The van der Waals surface area contributed by atoms with E-state index in [-0.39, 0.29) is 0 Å². The van der Waals surface area contributed by atoms with Gasteiger partial charge in [0.15, 0.2) is 0 Å². The SMILES string of the molecule is N#C/C(=C(/C#N)c1ccc(N(c2ccccc2)c2ccccc2)cc1)c1ccc(N(c2ccccc2)c2ccccc2)cc1. The number of hydrogen-bond donors (Lipinski definition) is 0. The van der Waals surface area contributed by atoms with Crippen LogP contribution in [0.15, 0.2) is 170 Å². The first-order valence-corrected chi connectivity index (χ1v) is 14.3. The van der Waals surface area contributed by atoms with Gasteiger partial charge < -0.3 is 9.80 Å². The summed E-state index contributed by atoms with van der Waals surface area (Å²) in [7, 11) is 0. The minimum atomic E-state index is 0.334. The fourth-order valence-electron chi connectivity index (χ4n) is 5.29. The smallest absolute Gasteiger partial charge is 0.101 e. The van der Waals surface area contributed by atoms with Crippen molar-refractivity contribution in [1.82, 2.24) is 0 Å². The molecule has 4 heteroatoms. The van der Waals surface area contributed by atoms with Crippen molar-refractivity contribution in [2.75, 3.05) is 9.80 Å². The predicted molar refractivity (Wildman–Crippen MR) is 180 cm³/mol. The molecule has 0 spiro atoms. The Morgan fingerprint density at radius 1 is 0.318 bits per heavy atom. The van der Waals surface area contributed by atoms with Gasteiger partial charge in [0.2, 0.25) is 0 Å². The highest BCUT2D eigenvalue weighted by atomic mass is 15.1. The molecule has 4 nitrogen and oxygen atoms in total. The molecule has 0 saturated carbocycles. The Bertz CT molecular complexity index is 1710. The molecular formula is C40H28N4. The van der Waals surface area contributed by atoms with Crippen LogP contribution < -0.4 is 9.80 Å². The summed E-state index contributed by atoms with van der Waals surface area (Å²) >= 11 is 0. The van der Waals surface area contributed by atoms with Crippen LogP contribution in [0.1, 0.15) is 11.1 Å². The third kappa shape index (κ3) is 5.83. The van der Waals surface area contributed by atoms with Crippen LogP contribution in [0, 0.1) is 22.7 Å². The molecule has 0 fully saturated rings. The van der Waals surface area contributed by atoms with Gasteiger partial charge in [0.05, 0.1) is 11.1 Å². The van der Waals surface area contributed by atoms with Gasteiger partial charge in [0.1, 0.15) is 12.1 Å². The summed E-state index contributed by atoms with van der Waals surface area (Å²) in [6.07, 6.45) is 0. The van der Waals surface area contributed by atoms with Crippen LogP contribution in [0.5, 0.6) is 0 Å². The van der Waals surface area contributed by atoms with Crippen molar-refractivity contribution in [3.63, 3.8) is 0 Å². The normalized spacial score (nSPS) is 11.0. The molecule has 0 N–H and O–H groups in total. The maximum atomic E-state index is 10.2. The van der Waals surface area contributed by atoms with Gasteiger partial charge in [-0.25, -0.2) is 0 Å². The van der Waals surface area contributed by atoms with Crippen molar-refractivity contribution in [3.8, 4) is 12.1 Å². The van der Waals surface area contributed by atoms with Crippen LogP contribution in [0.3, 0.4) is 0 Å². The Balaban J connectivity index is 1.35. The van der Waals surface area contributed by atoms with E-state index in [4.69, 9.17) is 0 Å². The molecule has 208 valence electrons. The third-order valence-corrected chi connectivity index (χ3v) is 7.36. The number of rotatable bonds is 8. The number of nitrogens with zero attached hydrogens (tertiary/aromatic N) is 4. The first-order chi connectivity index (χ1) is 21.8. The Hall–Kier alpha value is -6.36. The topological polar surface area (TPSA) is 54.1 Å². The maximum absolute atomic E-state index is 10.2. The molecule has 0 atom stereocenters. The Kier molecular flexibility index (Phi) is 8.26. The highest BCUT2D eigenvalue weighted by molar-refractivity contribution is 6.03. The summed E-state index contributed by atoms with van der Waals surface area (Å²) in [4.78, 5) is 4.32. The largest absolute Gasteiger partial charge is 0.311 e. The van der Waals surface area contributed by atoms with Crippen LogP contribution in [-0.2, 0) is 0 Å². The van der Waals surface area contributed by atoms with E-state index >= 15 is 0 Å². The molecule has 44 heavy (non-hydrogen) atoms. The molecule has 0 amide bonds. The van der Waals surface area contributed by atoms with Crippen LogP contribution in [0.25, 0.3) is 11.1 Å². The summed E-state index contributed by atoms with van der Waals surface area (Å²) in [5, 5.41) is 20.5. The highest BCUT2D eigenvalue weighted by Gasteiger charge is 2.17. The van der Waals surface area contributed by atoms with Crippen molar-refractivity contribution in [2.24, 2.45) is 0 Å². The lowest BCUT2D eigenvalue weighted by Crippen LogP contribution is -2.09. The monoisotopic (exact) mass is 564 g/mol. The Morgan fingerprint density at radius 2 is 0.545 bits per heavy atom. The number of anilines is 6. The lowest BCUT2D eigenvalue weighted by atomic mass is 9.95. The highest BCUT2D eigenvalue weighted by Crippen LogP contribution is 2.37. The fraction of sp³-hybridized carbons (Fsp3) is 0. The van der Waals surface area contributed by atoms with Crippen molar-refractivity contribution in [1.29, 1.82) is 10.5 Å². The molecule has 6 rings (SSSR count). The van der Waals surface area contributed by atoms with Gasteiger partial charge in [0.25, 0.3) is 0 Å². The van der Waals surface area contributed by atoms with E-state index in [1.165, 1.54) is 0 Å². The molecule has 0 saturated heterocycles. The van der Waals surface area contributed by atoms with Gasteiger partial charge in [-0.2, -0.15) is 10.5 Å². The van der Waals surface area contributed by atoms with Crippen molar-refractivity contribution in [2.45, 2.75) is 0 Å². The van der Waals surface area contributed by atoms with Gasteiger partial charge in [-0.1, -0.05) is 97.1 Å². The van der Waals surface area contributed by atoms with E-state index in [2.05, 4.69) is 70.5 Å². The average Bonchev–Trinajstić information content (AvgIpc) is 3.10. The molecule has 0 unspecified atom stereocenters. The lowest BCUT2D eigenvalue weighted by Gasteiger charge is -2.25. The Morgan fingerprint density at radius 3 is 0.773 bits per heavy atom. The van der Waals surface area contributed by atoms with Gasteiger partial charge in [-0.3, -0.25) is 0 Å².